The first-order valence-corrected chi connectivity index (χ1v) is 10.5. The molecule has 7 nitrogen and oxygen atoms in total. The first kappa shape index (κ1) is 25.0. The van der Waals surface area contributed by atoms with E-state index >= 15 is 0 Å². The van der Waals surface area contributed by atoms with E-state index in [-0.39, 0.29) is 19.6 Å². The van der Waals surface area contributed by atoms with E-state index in [2.05, 4.69) is 5.32 Å². The molecule has 0 aromatic heterocycles. The Morgan fingerprint density at radius 2 is 1.59 bits per heavy atom. The van der Waals surface area contributed by atoms with Gasteiger partial charge in [-0.05, 0) is 31.5 Å². The van der Waals surface area contributed by atoms with Gasteiger partial charge in [0.1, 0.15) is 0 Å². The van der Waals surface area contributed by atoms with Gasteiger partial charge in [-0.15, -0.1) is 23.2 Å². The summed E-state index contributed by atoms with van der Waals surface area (Å²) in [5.41, 5.74) is -0.486. The Bertz CT molecular complexity index is 675. The Morgan fingerprint density at radius 1 is 1.03 bits per heavy atom. The molecule has 1 amide bonds. The lowest BCUT2D eigenvalue weighted by molar-refractivity contribution is -0.168. The Morgan fingerprint density at radius 3 is 2.03 bits per heavy atom. The number of carbonyl (C=O) groups excluding carboxylic acids is 3. The number of amides is 1. The van der Waals surface area contributed by atoms with E-state index in [0.29, 0.717) is 30.4 Å². The highest BCUT2D eigenvalue weighted by atomic mass is 35.5. The van der Waals surface area contributed by atoms with Gasteiger partial charge >= 0.3 is 11.9 Å². The second-order valence-corrected chi connectivity index (χ2v) is 7.00. The molecule has 0 spiro atoms. The number of alkyl halides is 2. The third-order valence-electron chi connectivity index (χ3n) is 4.09. The van der Waals surface area contributed by atoms with Crippen LogP contribution < -0.4 is 10.2 Å². The maximum Gasteiger partial charge on any atom is 0.344 e. The van der Waals surface area contributed by atoms with Gasteiger partial charge in [-0.3, -0.25) is 4.79 Å². The molecule has 9 heteroatoms. The minimum Gasteiger partial charge on any atom is -0.464 e. The van der Waals surface area contributed by atoms with Gasteiger partial charge in [-0.2, -0.15) is 0 Å². The predicted molar refractivity (Wildman–Crippen MR) is 114 cm³/mol. The largest absolute Gasteiger partial charge is 0.464 e. The van der Waals surface area contributed by atoms with Crippen LogP contribution in [0, 0.1) is 0 Å². The molecule has 0 unspecified atom stereocenters. The zero-order valence-corrected chi connectivity index (χ0v) is 18.5. The number of nitrogens with zero attached hydrogens (tertiary/aromatic N) is 1. The van der Waals surface area contributed by atoms with Crippen molar-refractivity contribution in [1.29, 1.82) is 0 Å². The number of carbonyl (C=O) groups is 3. The summed E-state index contributed by atoms with van der Waals surface area (Å²) in [6.45, 7) is 5.76. The summed E-state index contributed by atoms with van der Waals surface area (Å²) < 4.78 is 10.2. The molecule has 0 aliphatic rings. The van der Waals surface area contributed by atoms with Crippen molar-refractivity contribution in [3.8, 4) is 0 Å². The Hall–Kier alpha value is -1.99. The maximum atomic E-state index is 12.8. The summed E-state index contributed by atoms with van der Waals surface area (Å²) in [4.78, 5) is 39.4. The quantitative estimate of drug-likeness (QED) is 0.301. The molecule has 29 heavy (non-hydrogen) atoms. The van der Waals surface area contributed by atoms with Gasteiger partial charge in [0.25, 0.3) is 0 Å². The van der Waals surface area contributed by atoms with Crippen LogP contribution in [0.15, 0.2) is 24.3 Å². The van der Waals surface area contributed by atoms with E-state index in [9.17, 15) is 14.4 Å². The van der Waals surface area contributed by atoms with Gasteiger partial charge in [-0.1, -0.05) is 12.1 Å². The van der Waals surface area contributed by atoms with Crippen LogP contribution in [-0.4, -0.2) is 61.4 Å². The fourth-order valence-electron chi connectivity index (χ4n) is 2.93. The summed E-state index contributed by atoms with van der Waals surface area (Å²) >= 11 is 11.8. The Labute approximate surface area is 181 Å². The number of nitrogens with one attached hydrogen (secondary N) is 1. The number of rotatable bonds is 12. The van der Waals surface area contributed by atoms with Crippen molar-refractivity contribution in [2.24, 2.45) is 0 Å². The van der Waals surface area contributed by atoms with Crippen LogP contribution in [0.1, 0.15) is 26.3 Å². The molecule has 1 rings (SSSR count). The van der Waals surface area contributed by atoms with E-state index in [4.69, 9.17) is 32.7 Å². The molecule has 0 radical (unpaired) electrons. The predicted octanol–water partition coefficient (Wildman–Crippen LogP) is 2.51. The Balaban J connectivity index is 3.37. The zero-order chi connectivity index (χ0) is 21.9. The number of hydrogen-bond acceptors (Lipinski definition) is 6. The number of ether oxygens (including phenoxy) is 2. The van der Waals surface area contributed by atoms with Crippen LogP contribution in [-0.2, 0) is 30.3 Å². The summed E-state index contributed by atoms with van der Waals surface area (Å²) in [6, 6.07) is 7.28. The molecule has 0 atom stereocenters. The highest BCUT2D eigenvalue weighted by molar-refractivity contribution is 6.18. The lowest BCUT2D eigenvalue weighted by Gasteiger charge is -2.30. The van der Waals surface area contributed by atoms with Gasteiger partial charge in [0.2, 0.25) is 11.4 Å². The van der Waals surface area contributed by atoms with Crippen molar-refractivity contribution >= 4 is 46.7 Å². The summed E-state index contributed by atoms with van der Waals surface area (Å²) in [5, 5.41) is 2.47. The number of benzene rings is 1. The number of hydrogen-bond donors (Lipinski definition) is 1. The minimum atomic E-state index is -1.97. The molecule has 1 aromatic rings. The molecule has 1 aromatic carbocycles. The lowest BCUT2D eigenvalue weighted by atomic mass is 9.90. The second kappa shape index (κ2) is 12.5. The van der Waals surface area contributed by atoms with Gasteiger partial charge in [-0.25, -0.2) is 9.59 Å². The van der Waals surface area contributed by atoms with Crippen molar-refractivity contribution in [2.75, 3.05) is 43.0 Å². The molecule has 0 heterocycles. The van der Waals surface area contributed by atoms with E-state index < -0.39 is 23.4 Å². The maximum absolute atomic E-state index is 12.8. The van der Waals surface area contributed by atoms with Crippen LogP contribution >= 0.6 is 23.2 Å². The van der Waals surface area contributed by atoms with E-state index in [1.807, 2.05) is 17.0 Å². The molecule has 0 bridgehead atoms. The van der Waals surface area contributed by atoms with Gasteiger partial charge < -0.3 is 19.7 Å². The van der Waals surface area contributed by atoms with Crippen molar-refractivity contribution in [1.82, 2.24) is 5.32 Å². The molecule has 162 valence electrons. The molecule has 0 saturated heterocycles. The fourth-order valence-corrected chi connectivity index (χ4v) is 3.33. The molecule has 0 saturated carbocycles. The van der Waals surface area contributed by atoms with Gasteiger partial charge in [0.05, 0.1) is 13.2 Å². The minimum absolute atomic E-state index is 0.0544. The first-order valence-electron chi connectivity index (χ1n) is 9.43. The van der Waals surface area contributed by atoms with Crippen molar-refractivity contribution in [3.63, 3.8) is 0 Å². The third kappa shape index (κ3) is 7.08. The highest BCUT2D eigenvalue weighted by Gasteiger charge is 2.50. The summed E-state index contributed by atoms with van der Waals surface area (Å²) in [7, 11) is 0. The normalized spacial score (nSPS) is 10.9. The van der Waals surface area contributed by atoms with Crippen LogP contribution in [0.2, 0.25) is 0 Å². The first-order chi connectivity index (χ1) is 13.8. The smallest absolute Gasteiger partial charge is 0.344 e. The van der Waals surface area contributed by atoms with Crippen LogP contribution in [0.25, 0.3) is 0 Å². The molecule has 1 N–H and O–H groups in total. The summed E-state index contributed by atoms with van der Waals surface area (Å²) in [6.07, 6.45) is -0.117. The molecular weight excluding hydrogens is 419 g/mol. The second-order valence-electron chi connectivity index (χ2n) is 6.24. The number of esters is 2. The van der Waals surface area contributed by atoms with Crippen molar-refractivity contribution < 1.29 is 23.9 Å². The van der Waals surface area contributed by atoms with E-state index in [0.717, 1.165) is 5.69 Å². The third-order valence-corrected chi connectivity index (χ3v) is 4.43. The monoisotopic (exact) mass is 446 g/mol. The van der Waals surface area contributed by atoms with Crippen LogP contribution in [0.5, 0.6) is 0 Å². The van der Waals surface area contributed by atoms with Crippen molar-refractivity contribution in [3.05, 3.63) is 29.8 Å². The van der Waals surface area contributed by atoms with E-state index in [1.165, 1.54) is 6.92 Å². The van der Waals surface area contributed by atoms with Gasteiger partial charge in [0.15, 0.2) is 0 Å². The SMILES string of the molecule is CCOC(=O)C(Cc1cccc(N(CCCl)CCCl)c1)(NC(C)=O)C(=O)OCC. The number of anilines is 1. The topological polar surface area (TPSA) is 84.9 Å². The molecule has 0 fully saturated rings. The van der Waals surface area contributed by atoms with Crippen molar-refractivity contribution in [2.45, 2.75) is 32.7 Å². The standard InChI is InChI=1S/C20H28Cl2N2O5/c1-4-28-18(26)20(23-15(3)25,19(27)29-5-2)14-16-7-6-8-17(13-16)24(11-9-21)12-10-22/h6-8,13H,4-5,9-12,14H2,1-3H3,(H,23,25). The van der Waals surface area contributed by atoms with Gasteiger partial charge in [0, 0.05) is 43.9 Å². The average Bonchev–Trinajstić information content (AvgIpc) is 2.67. The number of halogens is 2. The van der Waals surface area contributed by atoms with Crippen LogP contribution in [0.3, 0.4) is 0 Å². The average molecular weight is 447 g/mol. The Kier molecular flexibility index (Phi) is 10.8. The molecule has 0 aliphatic carbocycles. The zero-order valence-electron chi connectivity index (χ0n) is 17.0. The summed E-state index contributed by atoms with van der Waals surface area (Å²) in [5.74, 6) is -1.44. The van der Waals surface area contributed by atoms with Crippen LogP contribution in [0.4, 0.5) is 5.69 Å². The molecular formula is C20H28Cl2N2O5. The highest BCUT2D eigenvalue weighted by Crippen LogP contribution is 2.23. The fraction of sp³-hybridized carbons (Fsp3) is 0.550. The lowest BCUT2D eigenvalue weighted by Crippen LogP contribution is -2.62. The van der Waals surface area contributed by atoms with E-state index in [1.54, 1.807) is 26.0 Å². The molecule has 0 aliphatic heterocycles.